The fourth-order valence-corrected chi connectivity index (χ4v) is 9.96. The van der Waals surface area contributed by atoms with Crippen molar-refractivity contribution in [2.45, 2.75) is 41.5 Å². The van der Waals surface area contributed by atoms with E-state index in [0.717, 1.165) is 37.6 Å². The Hall–Kier alpha value is -12.9. The highest BCUT2D eigenvalue weighted by molar-refractivity contribution is 6.11. The number of carboxylic acids is 2. The number of nitrogens with zero attached hydrogens (tertiary/aromatic N) is 2. The van der Waals surface area contributed by atoms with E-state index in [0.29, 0.717) is 83.1 Å². The molecule has 0 aliphatic carbocycles. The third-order valence-electron chi connectivity index (χ3n) is 15.1. The molecule has 0 atom stereocenters. The number of hydrogen-bond donors (Lipinski definition) is 2. The summed E-state index contributed by atoms with van der Waals surface area (Å²) in [4.78, 5) is 133. The third-order valence-corrected chi connectivity index (χ3v) is 15.1. The molecular weight excluding hydrogens is 1300 g/mol. The molecule has 0 bridgehead atoms. The predicted octanol–water partition coefficient (Wildman–Crippen LogP) is 11.8. The molecule has 26 heteroatoms. The van der Waals surface area contributed by atoms with Crippen molar-refractivity contribution in [3.63, 3.8) is 0 Å². The Morgan fingerprint density at radius 2 is 0.630 bits per heavy atom. The van der Waals surface area contributed by atoms with Crippen molar-refractivity contribution in [2.75, 3.05) is 70.5 Å². The molecule has 0 fully saturated rings. The molecule has 0 spiro atoms. The molecule has 516 valence electrons. The molecule has 6 aromatic heterocycles. The SMILES string of the molecule is CCN(CC)c1ccc2cc(C(=O)c3cc4ccc(N(CC)CC)cc4oc3=O)c(=O)oc2c1.CCOC(=O)c1cc2cc(OC)ccc2oc1=O.CCOC(=O)c1cc2ccc(OC)cc2oc1=O.COc1ccc2cc(C(=O)O)c(=O)oc2c1.O=C(O)c1cc2ccccc2oc1=O. The molecule has 2 N–H and O–H groups in total. The summed E-state index contributed by atoms with van der Waals surface area (Å²) in [6, 6.07) is 41.0. The fraction of sp³-hybridized carbons (Fsp3) is 0.203. The van der Waals surface area contributed by atoms with Crippen molar-refractivity contribution in [3.05, 3.63) is 248 Å². The molecular formula is C74H66N2O24. The molecule has 0 saturated heterocycles. The molecule has 0 aliphatic heterocycles. The highest BCUT2D eigenvalue weighted by atomic mass is 16.5. The number of hydrogen-bond acceptors (Lipinski definition) is 24. The number of ether oxygens (including phenoxy) is 5. The Labute approximate surface area is 565 Å². The van der Waals surface area contributed by atoms with Gasteiger partial charge in [0.15, 0.2) is 0 Å². The van der Waals surface area contributed by atoms with Gasteiger partial charge >= 0.3 is 57.6 Å². The molecule has 12 rings (SSSR count). The number of benzene rings is 6. The van der Waals surface area contributed by atoms with Crippen LogP contribution in [-0.4, -0.2) is 101 Å². The number of carboxylic acid groups (broad SMARTS) is 2. The largest absolute Gasteiger partial charge is 0.497 e. The molecule has 0 radical (unpaired) electrons. The minimum atomic E-state index is -1.30. The van der Waals surface area contributed by atoms with E-state index in [9.17, 15) is 52.7 Å². The first kappa shape index (κ1) is 72.9. The number of carbonyl (C=O) groups is 5. The fourth-order valence-electron chi connectivity index (χ4n) is 9.96. The van der Waals surface area contributed by atoms with Gasteiger partial charge in [-0.05, 0) is 151 Å². The lowest BCUT2D eigenvalue weighted by Gasteiger charge is -2.21. The maximum absolute atomic E-state index is 13.2. The van der Waals surface area contributed by atoms with E-state index < -0.39 is 63.4 Å². The lowest BCUT2D eigenvalue weighted by molar-refractivity contribution is 0.0512. The van der Waals surface area contributed by atoms with Crippen molar-refractivity contribution in [3.8, 4) is 17.2 Å². The van der Waals surface area contributed by atoms with Crippen LogP contribution in [0.4, 0.5) is 11.4 Å². The number of para-hydroxylation sites is 1. The lowest BCUT2D eigenvalue weighted by atomic mass is 10.0. The number of carbonyl (C=O) groups excluding carboxylic acids is 3. The van der Waals surface area contributed by atoms with E-state index in [1.54, 1.807) is 111 Å². The van der Waals surface area contributed by atoms with Crippen LogP contribution in [0.3, 0.4) is 0 Å². The molecule has 0 amide bonds. The maximum Gasteiger partial charge on any atom is 0.351 e. The number of rotatable bonds is 17. The number of anilines is 2. The van der Waals surface area contributed by atoms with Crippen LogP contribution in [0.5, 0.6) is 17.2 Å². The number of esters is 2. The number of aromatic carboxylic acids is 2. The summed E-state index contributed by atoms with van der Waals surface area (Å²) in [7, 11) is 4.55. The van der Waals surface area contributed by atoms with Gasteiger partial charge in [-0.2, -0.15) is 0 Å². The van der Waals surface area contributed by atoms with E-state index >= 15 is 0 Å². The number of methoxy groups -OCH3 is 3. The van der Waals surface area contributed by atoms with Gasteiger partial charge in [0.2, 0.25) is 5.78 Å². The summed E-state index contributed by atoms with van der Waals surface area (Å²) in [5.74, 6) is -2.91. The van der Waals surface area contributed by atoms with Gasteiger partial charge < -0.3 is 70.2 Å². The smallest absolute Gasteiger partial charge is 0.351 e. The molecule has 0 unspecified atom stereocenters. The standard InChI is InChI=1S/C27H28N2O5.2C13H12O5.C11H8O5.C10H6O4/c1-5-28(6-2)19-11-9-17-13-21(26(31)33-23(17)15-19)25(30)22-14-18-10-12-20(29(7-3)8-4)16-24(18)34-27(22)32;1-3-17-12(14)10-7-8-6-9(16-2)4-5-11(8)18-13(10)15;1-3-17-12(14)10-6-8-4-5-9(16-2)7-11(8)18-13(10)15;1-15-7-3-2-6-4-8(10(12)13)11(14)16-9(6)5-7;11-9(12)7-5-6-3-1-2-4-8(6)14-10(7)13/h9-16H,5-8H2,1-4H3;2*4-7H,3H2,1-2H3;2-5H,1H3,(H,12,13);1-5H,(H,11,12). The topological polar surface area (TPSA) is 360 Å². The monoisotopic (exact) mass is 1370 g/mol. The maximum atomic E-state index is 13.2. The van der Waals surface area contributed by atoms with Crippen LogP contribution in [0.2, 0.25) is 0 Å². The average molecular weight is 1370 g/mol. The summed E-state index contributed by atoms with van der Waals surface area (Å²) in [6.07, 6.45) is 0. The Bertz CT molecular complexity index is 5330. The molecule has 0 saturated carbocycles. The first-order chi connectivity index (χ1) is 48.0. The van der Waals surface area contributed by atoms with Crippen LogP contribution >= 0.6 is 0 Å². The van der Waals surface area contributed by atoms with Crippen molar-refractivity contribution in [1.82, 2.24) is 0 Å². The zero-order valence-corrected chi connectivity index (χ0v) is 55.4. The van der Waals surface area contributed by atoms with Crippen LogP contribution < -0.4 is 57.8 Å². The highest BCUT2D eigenvalue weighted by Crippen LogP contribution is 2.27. The van der Waals surface area contributed by atoms with E-state index in [2.05, 4.69) is 9.80 Å². The van der Waals surface area contributed by atoms with Crippen LogP contribution in [-0.2, 0) is 9.47 Å². The van der Waals surface area contributed by atoms with E-state index in [1.165, 1.54) is 63.8 Å². The molecule has 12 aromatic rings. The van der Waals surface area contributed by atoms with Crippen molar-refractivity contribution in [1.29, 1.82) is 0 Å². The molecule has 100 heavy (non-hydrogen) atoms. The zero-order chi connectivity index (χ0) is 72.5. The van der Waals surface area contributed by atoms with E-state index in [1.807, 2.05) is 39.8 Å². The predicted molar refractivity (Wildman–Crippen MR) is 371 cm³/mol. The third kappa shape index (κ3) is 17.2. The molecule has 26 nitrogen and oxygen atoms in total. The summed E-state index contributed by atoms with van der Waals surface area (Å²) in [6.45, 7) is 15.2. The van der Waals surface area contributed by atoms with Gasteiger partial charge in [-0.1, -0.05) is 18.2 Å². The lowest BCUT2D eigenvalue weighted by Crippen LogP contribution is -2.22. The molecule has 0 aliphatic rings. The highest BCUT2D eigenvalue weighted by Gasteiger charge is 2.23. The normalized spacial score (nSPS) is 10.6. The Morgan fingerprint density at radius 1 is 0.330 bits per heavy atom. The van der Waals surface area contributed by atoms with Gasteiger partial charge in [0.1, 0.15) is 84.1 Å². The second-order valence-electron chi connectivity index (χ2n) is 21.1. The minimum absolute atomic E-state index is 0.102. The minimum Gasteiger partial charge on any atom is -0.497 e. The van der Waals surface area contributed by atoms with Crippen molar-refractivity contribution >= 4 is 107 Å². The van der Waals surface area contributed by atoms with Gasteiger partial charge in [-0.15, -0.1) is 0 Å². The van der Waals surface area contributed by atoms with Crippen molar-refractivity contribution in [2.24, 2.45) is 0 Å². The van der Waals surface area contributed by atoms with Gasteiger partial charge in [-0.25, -0.2) is 47.9 Å². The van der Waals surface area contributed by atoms with E-state index in [-0.39, 0.29) is 46.6 Å². The van der Waals surface area contributed by atoms with Gasteiger partial charge in [0.25, 0.3) is 0 Å². The Balaban J connectivity index is 0.000000167. The second kappa shape index (κ2) is 33.2. The van der Waals surface area contributed by atoms with E-state index in [4.69, 9.17) is 60.4 Å². The van der Waals surface area contributed by atoms with Crippen LogP contribution in [0, 0.1) is 0 Å². The van der Waals surface area contributed by atoms with Gasteiger partial charge in [0, 0.05) is 94.1 Å². The molecule has 6 heterocycles. The number of ketones is 1. The Kier molecular flexibility index (Phi) is 24.2. The van der Waals surface area contributed by atoms with Crippen molar-refractivity contribution < 1.29 is 84.4 Å². The molecule has 6 aromatic carbocycles. The second-order valence-corrected chi connectivity index (χ2v) is 21.1. The summed E-state index contributed by atoms with van der Waals surface area (Å²) >= 11 is 0. The quantitative estimate of drug-likeness (QED) is 0.0486. The first-order valence-corrected chi connectivity index (χ1v) is 30.9. The van der Waals surface area contributed by atoms with Crippen LogP contribution in [0.25, 0.3) is 65.8 Å². The van der Waals surface area contributed by atoms with Crippen LogP contribution in [0.15, 0.2) is 207 Å². The van der Waals surface area contributed by atoms with Crippen LogP contribution in [0.1, 0.15) is 98.9 Å². The van der Waals surface area contributed by atoms with Gasteiger partial charge in [-0.3, -0.25) is 4.79 Å². The average Bonchev–Trinajstić information content (AvgIpc) is 0.800. The summed E-state index contributed by atoms with van der Waals surface area (Å²) < 4.78 is 55.4. The Morgan fingerprint density at radius 3 is 1.02 bits per heavy atom. The number of fused-ring (bicyclic) bond motifs is 6. The van der Waals surface area contributed by atoms with Gasteiger partial charge in [0.05, 0.1) is 34.5 Å². The summed E-state index contributed by atoms with van der Waals surface area (Å²) in [5, 5.41) is 21.0. The summed E-state index contributed by atoms with van der Waals surface area (Å²) in [5.41, 5.74) is -1.92. The first-order valence-electron chi connectivity index (χ1n) is 30.9. The zero-order valence-electron chi connectivity index (χ0n) is 55.4.